The van der Waals surface area contributed by atoms with Gasteiger partial charge in [-0.2, -0.15) is 0 Å². The molecule has 3 atom stereocenters. The van der Waals surface area contributed by atoms with Gasteiger partial charge in [0, 0.05) is 32.8 Å². The van der Waals surface area contributed by atoms with Crippen LogP contribution in [0.4, 0.5) is 0 Å². The van der Waals surface area contributed by atoms with Gasteiger partial charge in [-0.3, -0.25) is 4.79 Å². The maximum Gasteiger partial charge on any atom is 0.239 e. The zero-order chi connectivity index (χ0) is 13.9. The third kappa shape index (κ3) is 3.01. The molecule has 114 valence electrons. The molecule has 1 aliphatic carbocycles. The van der Waals surface area contributed by atoms with Crippen LogP contribution >= 0.6 is 0 Å². The van der Waals surface area contributed by atoms with Crippen LogP contribution in [0.3, 0.4) is 0 Å². The first-order valence-corrected chi connectivity index (χ1v) is 8.31. The van der Waals surface area contributed by atoms with E-state index in [9.17, 15) is 4.79 Å². The molecule has 3 rings (SSSR count). The second-order valence-corrected chi connectivity index (χ2v) is 6.83. The summed E-state index contributed by atoms with van der Waals surface area (Å²) in [5.74, 6) is 1.75. The fourth-order valence-corrected chi connectivity index (χ4v) is 4.29. The molecule has 4 heteroatoms. The topological polar surface area (TPSA) is 41.6 Å². The van der Waals surface area contributed by atoms with Crippen molar-refractivity contribution >= 4 is 5.91 Å². The monoisotopic (exact) mass is 280 g/mol. The predicted molar refractivity (Wildman–Crippen MR) is 78.5 cm³/mol. The van der Waals surface area contributed by atoms with E-state index in [2.05, 4.69) is 10.2 Å². The van der Waals surface area contributed by atoms with E-state index in [4.69, 9.17) is 4.74 Å². The lowest BCUT2D eigenvalue weighted by Gasteiger charge is -2.33. The Kier molecular flexibility index (Phi) is 4.61. The Morgan fingerprint density at radius 3 is 2.65 bits per heavy atom. The second kappa shape index (κ2) is 6.44. The number of amides is 1. The van der Waals surface area contributed by atoms with Gasteiger partial charge in [-0.1, -0.05) is 12.8 Å². The van der Waals surface area contributed by atoms with E-state index in [0.29, 0.717) is 17.9 Å². The van der Waals surface area contributed by atoms with Crippen molar-refractivity contribution in [1.82, 2.24) is 10.2 Å². The van der Waals surface area contributed by atoms with Gasteiger partial charge in [-0.15, -0.1) is 0 Å². The zero-order valence-electron chi connectivity index (χ0n) is 12.6. The number of hydrogen-bond acceptors (Lipinski definition) is 3. The minimum Gasteiger partial charge on any atom is -0.384 e. The highest BCUT2D eigenvalue weighted by atomic mass is 16.5. The van der Waals surface area contributed by atoms with Crippen LogP contribution in [0.15, 0.2) is 0 Å². The van der Waals surface area contributed by atoms with Crippen molar-refractivity contribution < 1.29 is 9.53 Å². The maximum absolute atomic E-state index is 12.6. The van der Waals surface area contributed by atoms with Gasteiger partial charge in [0.2, 0.25) is 5.91 Å². The van der Waals surface area contributed by atoms with Crippen molar-refractivity contribution in [2.45, 2.75) is 57.0 Å². The normalized spacial score (nSPS) is 35.0. The first kappa shape index (κ1) is 14.3. The Labute approximate surface area is 122 Å². The second-order valence-electron chi connectivity index (χ2n) is 6.83. The Bertz CT molecular complexity index is 325. The summed E-state index contributed by atoms with van der Waals surface area (Å²) in [5.41, 5.74) is 0. The highest BCUT2D eigenvalue weighted by Gasteiger charge is 2.40. The first-order chi connectivity index (χ1) is 9.78. The smallest absolute Gasteiger partial charge is 0.239 e. The van der Waals surface area contributed by atoms with Gasteiger partial charge < -0.3 is 15.0 Å². The average Bonchev–Trinajstić information content (AvgIpc) is 2.91. The van der Waals surface area contributed by atoms with Gasteiger partial charge in [0.25, 0.3) is 0 Å². The Morgan fingerprint density at radius 2 is 1.95 bits per heavy atom. The highest BCUT2D eigenvalue weighted by molar-refractivity contribution is 5.82. The third-order valence-corrected chi connectivity index (χ3v) is 5.49. The molecule has 0 aromatic rings. The number of nitrogens with zero attached hydrogens (tertiary/aromatic N) is 1. The van der Waals surface area contributed by atoms with E-state index in [1.165, 1.54) is 25.7 Å². The fourth-order valence-electron chi connectivity index (χ4n) is 4.29. The van der Waals surface area contributed by atoms with E-state index >= 15 is 0 Å². The summed E-state index contributed by atoms with van der Waals surface area (Å²) in [4.78, 5) is 14.7. The zero-order valence-corrected chi connectivity index (χ0v) is 12.6. The summed E-state index contributed by atoms with van der Waals surface area (Å²) in [6.07, 6.45) is 8.53. The molecule has 1 amide bonds. The van der Waals surface area contributed by atoms with E-state index in [1.54, 1.807) is 7.11 Å². The number of likely N-dealkylation sites (tertiary alicyclic amines) is 1. The summed E-state index contributed by atoms with van der Waals surface area (Å²) >= 11 is 0. The average molecular weight is 280 g/mol. The van der Waals surface area contributed by atoms with Crippen molar-refractivity contribution in [1.29, 1.82) is 0 Å². The summed E-state index contributed by atoms with van der Waals surface area (Å²) in [6.45, 7) is 2.68. The summed E-state index contributed by atoms with van der Waals surface area (Å²) < 4.78 is 5.23. The lowest BCUT2D eigenvalue weighted by Crippen LogP contribution is -2.48. The molecular weight excluding hydrogens is 252 g/mol. The van der Waals surface area contributed by atoms with Gasteiger partial charge in [-0.25, -0.2) is 0 Å². The number of hydrogen-bond donors (Lipinski definition) is 1. The number of carbonyl (C=O) groups is 1. The number of nitrogens with one attached hydrogen (secondary N) is 1. The van der Waals surface area contributed by atoms with Crippen LogP contribution in [-0.2, 0) is 9.53 Å². The molecule has 0 radical (unpaired) electrons. The quantitative estimate of drug-likeness (QED) is 0.857. The van der Waals surface area contributed by atoms with Gasteiger partial charge in [-0.05, 0) is 43.9 Å². The van der Waals surface area contributed by atoms with Crippen LogP contribution in [0.25, 0.3) is 0 Å². The number of rotatable bonds is 3. The minimum absolute atomic E-state index is 0.0991. The Morgan fingerprint density at radius 1 is 1.20 bits per heavy atom. The molecule has 3 fully saturated rings. The molecule has 20 heavy (non-hydrogen) atoms. The molecule has 2 aliphatic heterocycles. The van der Waals surface area contributed by atoms with E-state index < -0.39 is 0 Å². The lowest BCUT2D eigenvalue weighted by molar-refractivity contribution is -0.134. The maximum atomic E-state index is 12.6. The number of piperidine rings is 1. The molecule has 2 saturated heterocycles. The van der Waals surface area contributed by atoms with E-state index in [-0.39, 0.29) is 6.04 Å². The molecule has 3 aliphatic rings. The SMILES string of the molecule is COCC1CCN(C(=O)C2CC3CCCCC3N2)CC1. The van der Waals surface area contributed by atoms with E-state index in [0.717, 1.165) is 44.9 Å². The molecule has 0 spiro atoms. The molecule has 4 nitrogen and oxygen atoms in total. The van der Waals surface area contributed by atoms with E-state index in [1.807, 2.05) is 0 Å². The fraction of sp³-hybridized carbons (Fsp3) is 0.938. The van der Waals surface area contributed by atoms with Crippen LogP contribution in [0.2, 0.25) is 0 Å². The standard InChI is InChI=1S/C16H28N2O2/c1-20-11-12-6-8-18(9-7-12)16(19)15-10-13-4-2-3-5-14(13)17-15/h12-15,17H,2-11H2,1H3. The van der Waals surface area contributed by atoms with Crippen LogP contribution < -0.4 is 5.32 Å². The molecule has 1 saturated carbocycles. The Balaban J connectivity index is 1.50. The molecular formula is C16H28N2O2. The summed E-state index contributed by atoms with van der Waals surface area (Å²) in [7, 11) is 1.77. The van der Waals surface area contributed by atoms with Crippen LogP contribution in [0.1, 0.15) is 44.9 Å². The number of ether oxygens (including phenoxy) is 1. The molecule has 3 unspecified atom stereocenters. The first-order valence-electron chi connectivity index (χ1n) is 8.31. The number of methoxy groups -OCH3 is 1. The largest absolute Gasteiger partial charge is 0.384 e. The van der Waals surface area contributed by atoms with Gasteiger partial charge >= 0.3 is 0 Å². The highest BCUT2D eigenvalue weighted by Crippen LogP contribution is 2.34. The van der Waals surface area contributed by atoms with Crippen molar-refractivity contribution in [2.24, 2.45) is 11.8 Å². The van der Waals surface area contributed by atoms with Gasteiger partial charge in [0.1, 0.15) is 0 Å². The van der Waals surface area contributed by atoms with Crippen molar-refractivity contribution in [2.75, 3.05) is 26.8 Å². The predicted octanol–water partition coefficient (Wildman–Crippen LogP) is 1.79. The van der Waals surface area contributed by atoms with Crippen LogP contribution in [-0.4, -0.2) is 49.7 Å². The molecule has 1 N–H and O–H groups in total. The third-order valence-electron chi connectivity index (χ3n) is 5.49. The molecule has 0 bridgehead atoms. The van der Waals surface area contributed by atoms with Gasteiger partial charge in [0.05, 0.1) is 6.04 Å². The van der Waals surface area contributed by atoms with Crippen LogP contribution in [0, 0.1) is 11.8 Å². The summed E-state index contributed by atoms with van der Waals surface area (Å²) in [5, 5.41) is 3.61. The number of fused-ring (bicyclic) bond motifs is 1. The molecule has 0 aromatic carbocycles. The van der Waals surface area contributed by atoms with Crippen LogP contribution in [0.5, 0.6) is 0 Å². The minimum atomic E-state index is 0.0991. The van der Waals surface area contributed by atoms with Crippen molar-refractivity contribution in [3.63, 3.8) is 0 Å². The molecule has 2 heterocycles. The van der Waals surface area contributed by atoms with Crippen molar-refractivity contribution in [3.05, 3.63) is 0 Å². The molecule has 0 aromatic heterocycles. The van der Waals surface area contributed by atoms with Gasteiger partial charge in [0.15, 0.2) is 0 Å². The number of carbonyl (C=O) groups excluding carboxylic acids is 1. The lowest BCUT2D eigenvalue weighted by atomic mass is 9.85. The van der Waals surface area contributed by atoms with Crippen molar-refractivity contribution in [3.8, 4) is 0 Å². The Hall–Kier alpha value is -0.610. The summed E-state index contributed by atoms with van der Waals surface area (Å²) in [6, 6.07) is 0.714.